The minimum atomic E-state index is 0.739. The van der Waals surface area contributed by atoms with E-state index in [1.807, 2.05) is 30.3 Å². The van der Waals surface area contributed by atoms with Crippen LogP contribution in [-0.4, -0.2) is 13.7 Å². The molecule has 2 aromatic carbocycles. The lowest BCUT2D eigenvalue weighted by Gasteiger charge is -2.11. The maximum atomic E-state index is 5.80. The van der Waals surface area contributed by atoms with Crippen molar-refractivity contribution in [2.24, 2.45) is 0 Å². The maximum Gasteiger partial charge on any atom is 0.161 e. The molecular weight excluding hydrogens is 272 g/mol. The van der Waals surface area contributed by atoms with Crippen LogP contribution in [0.4, 0.5) is 0 Å². The number of rotatable bonds is 8. The number of ether oxygens (including phenoxy) is 2. The van der Waals surface area contributed by atoms with Gasteiger partial charge in [-0.1, -0.05) is 68.3 Å². The summed E-state index contributed by atoms with van der Waals surface area (Å²) in [7, 11) is 1.68. The molecule has 0 N–H and O–H groups in total. The van der Waals surface area contributed by atoms with Gasteiger partial charge in [-0.2, -0.15) is 0 Å². The molecule has 0 heterocycles. The van der Waals surface area contributed by atoms with Crippen molar-refractivity contribution in [3.8, 4) is 11.5 Å². The number of benzene rings is 2. The van der Waals surface area contributed by atoms with E-state index in [1.165, 1.54) is 18.4 Å². The molecule has 22 heavy (non-hydrogen) atoms. The Morgan fingerprint density at radius 3 is 2.36 bits per heavy atom. The molecule has 0 amide bonds. The third-order valence-corrected chi connectivity index (χ3v) is 3.46. The van der Waals surface area contributed by atoms with Gasteiger partial charge in [0.1, 0.15) is 0 Å². The van der Waals surface area contributed by atoms with Crippen molar-refractivity contribution in [2.45, 2.75) is 26.2 Å². The van der Waals surface area contributed by atoms with Crippen molar-refractivity contribution < 1.29 is 9.47 Å². The molecule has 116 valence electrons. The summed E-state index contributed by atoms with van der Waals surface area (Å²) in [5.74, 6) is 1.60. The van der Waals surface area contributed by atoms with Gasteiger partial charge in [0.2, 0.25) is 0 Å². The van der Waals surface area contributed by atoms with Crippen LogP contribution in [0.1, 0.15) is 37.3 Å². The Morgan fingerprint density at radius 1 is 0.864 bits per heavy atom. The topological polar surface area (TPSA) is 18.5 Å². The second kappa shape index (κ2) is 8.93. The molecule has 2 aromatic rings. The van der Waals surface area contributed by atoms with Crippen LogP contribution in [0.2, 0.25) is 0 Å². The summed E-state index contributed by atoms with van der Waals surface area (Å²) in [6, 6.07) is 16.3. The van der Waals surface area contributed by atoms with Crippen LogP contribution >= 0.6 is 0 Å². The second-order valence-corrected chi connectivity index (χ2v) is 5.21. The van der Waals surface area contributed by atoms with Crippen LogP contribution in [0.5, 0.6) is 11.5 Å². The standard InChI is InChI=1S/C20H24O2/c1-3-4-8-15-22-19-14-13-18(16-20(19)21-2)12-11-17-9-6-5-7-10-17/h5-7,9-14,16H,3-4,8,15H2,1-2H3/b12-11+. The summed E-state index contributed by atoms with van der Waals surface area (Å²) in [5.41, 5.74) is 2.28. The molecule has 2 rings (SSSR count). The largest absolute Gasteiger partial charge is 0.493 e. The van der Waals surface area contributed by atoms with Crippen LogP contribution in [0.25, 0.3) is 12.2 Å². The van der Waals surface area contributed by atoms with E-state index in [-0.39, 0.29) is 0 Å². The Balaban J connectivity index is 2.03. The van der Waals surface area contributed by atoms with Gasteiger partial charge < -0.3 is 9.47 Å². The third kappa shape index (κ3) is 4.96. The first-order chi connectivity index (χ1) is 10.8. The monoisotopic (exact) mass is 296 g/mol. The third-order valence-electron chi connectivity index (χ3n) is 3.46. The van der Waals surface area contributed by atoms with Crippen molar-refractivity contribution in [1.82, 2.24) is 0 Å². The van der Waals surface area contributed by atoms with Crippen LogP contribution in [0, 0.1) is 0 Å². The van der Waals surface area contributed by atoms with E-state index in [4.69, 9.17) is 9.47 Å². The minimum absolute atomic E-state index is 0.739. The van der Waals surface area contributed by atoms with Gasteiger partial charge in [0, 0.05) is 0 Å². The lowest BCUT2D eigenvalue weighted by atomic mass is 10.1. The van der Waals surface area contributed by atoms with E-state index in [0.29, 0.717) is 0 Å². The van der Waals surface area contributed by atoms with Gasteiger partial charge in [0.25, 0.3) is 0 Å². The van der Waals surface area contributed by atoms with Crippen LogP contribution in [0.15, 0.2) is 48.5 Å². The molecule has 0 saturated heterocycles. The van der Waals surface area contributed by atoms with Gasteiger partial charge in [0.15, 0.2) is 11.5 Å². The molecule has 0 aliphatic carbocycles. The Bertz CT molecular complexity index is 588. The zero-order valence-electron chi connectivity index (χ0n) is 13.4. The zero-order chi connectivity index (χ0) is 15.6. The van der Waals surface area contributed by atoms with Crippen LogP contribution < -0.4 is 9.47 Å². The average Bonchev–Trinajstić information content (AvgIpc) is 2.58. The van der Waals surface area contributed by atoms with E-state index in [1.54, 1.807) is 7.11 Å². The highest BCUT2D eigenvalue weighted by molar-refractivity contribution is 5.70. The fraction of sp³-hybridized carbons (Fsp3) is 0.300. The Kier molecular flexibility index (Phi) is 6.56. The maximum absolute atomic E-state index is 5.80. The van der Waals surface area contributed by atoms with Crippen molar-refractivity contribution in [3.05, 3.63) is 59.7 Å². The van der Waals surface area contributed by atoms with Gasteiger partial charge in [-0.25, -0.2) is 0 Å². The molecule has 0 saturated carbocycles. The summed E-state index contributed by atoms with van der Waals surface area (Å²) in [4.78, 5) is 0. The lowest BCUT2D eigenvalue weighted by molar-refractivity contribution is 0.286. The second-order valence-electron chi connectivity index (χ2n) is 5.21. The summed E-state index contributed by atoms with van der Waals surface area (Å²) in [6.45, 7) is 2.93. The van der Waals surface area contributed by atoms with Crippen LogP contribution in [-0.2, 0) is 0 Å². The molecule has 0 spiro atoms. The summed E-state index contributed by atoms with van der Waals surface area (Å²) in [5, 5.41) is 0. The number of hydrogen-bond acceptors (Lipinski definition) is 2. The first kappa shape index (κ1) is 16.2. The van der Waals surface area contributed by atoms with Gasteiger partial charge in [0.05, 0.1) is 13.7 Å². The van der Waals surface area contributed by atoms with E-state index in [0.717, 1.165) is 30.1 Å². The highest BCUT2D eigenvalue weighted by Gasteiger charge is 2.04. The van der Waals surface area contributed by atoms with Gasteiger partial charge in [-0.3, -0.25) is 0 Å². The van der Waals surface area contributed by atoms with E-state index < -0.39 is 0 Å². The molecule has 0 aliphatic rings. The number of methoxy groups -OCH3 is 1. The summed E-state index contributed by atoms with van der Waals surface area (Å²) >= 11 is 0. The van der Waals surface area contributed by atoms with Crippen LogP contribution in [0.3, 0.4) is 0 Å². The molecule has 2 heteroatoms. The predicted molar refractivity (Wildman–Crippen MR) is 93.4 cm³/mol. The Morgan fingerprint density at radius 2 is 1.64 bits per heavy atom. The first-order valence-electron chi connectivity index (χ1n) is 7.87. The first-order valence-corrected chi connectivity index (χ1v) is 7.87. The molecule has 0 radical (unpaired) electrons. The quantitative estimate of drug-likeness (QED) is 0.477. The summed E-state index contributed by atoms with van der Waals surface area (Å²) in [6.07, 6.45) is 7.65. The SMILES string of the molecule is CCCCCOc1ccc(/C=C/c2ccccc2)cc1OC. The molecule has 0 atom stereocenters. The molecule has 2 nitrogen and oxygen atoms in total. The zero-order valence-corrected chi connectivity index (χ0v) is 13.4. The number of hydrogen-bond donors (Lipinski definition) is 0. The fourth-order valence-electron chi connectivity index (χ4n) is 2.20. The van der Waals surface area contributed by atoms with Crippen molar-refractivity contribution in [2.75, 3.05) is 13.7 Å². The molecule has 0 aromatic heterocycles. The average molecular weight is 296 g/mol. The Labute approximate surface area is 133 Å². The van der Waals surface area contributed by atoms with Gasteiger partial charge >= 0.3 is 0 Å². The molecular formula is C20H24O2. The number of unbranched alkanes of at least 4 members (excludes halogenated alkanes) is 2. The molecule has 0 aliphatic heterocycles. The van der Waals surface area contributed by atoms with E-state index in [9.17, 15) is 0 Å². The Hall–Kier alpha value is -2.22. The molecule has 0 bridgehead atoms. The lowest BCUT2D eigenvalue weighted by Crippen LogP contribution is -1.99. The minimum Gasteiger partial charge on any atom is -0.493 e. The highest BCUT2D eigenvalue weighted by atomic mass is 16.5. The van der Waals surface area contributed by atoms with Crippen molar-refractivity contribution in [3.63, 3.8) is 0 Å². The molecule has 0 unspecified atom stereocenters. The normalized spacial score (nSPS) is 10.8. The van der Waals surface area contributed by atoms with E-state index in [2.05, 4.69) is 37.3 Å². The van der Waals surface area contributed by atoms with Gasteiger partial charge in [-0.05, 0) is 29.7 Å². The van der Waals surface area contributed by atoms with Gasteiger partial charge in [-0.15, -0.1) is 0 Å². The van der Waals surface area contributed by atoms with Crippen molar-refractivity contribution >= 4 is 12.2 Å². The summed E-state index contributed by atoms with van der Waals surface area (Å²) < 4.78 is 11.2. The smallest absolute Gasteiger partial charge is 0.161 e. The predicted octanol–water partition coefficient (Wildman–Crippen LogP) is 5.43. The fourth-order valence-corrected chi connectivity index (χ4v) is 2.20. The highest BCUT2D eigenvalue weighted by Crippen LogP contribution is 2.29. The molecule has 0 fully saturated rings. The van der Waals surface area contributed by atoms with Crippen molar-refractivity contribution in [1.29, 1.82) is 0 Å². The van der Waals surface area contributed by atoms with E-state index >= 15 is 0 Å².